The molecule has 0 spiro atoms. The summed E-state index contributed by atoms with van der Waals surface area (Å²) >= 11 is 5.10. The first kappa shape index (κ1) is 18.4. The summed E-state index contributed by atoms with van der Waals surface area (Å²) in [5.41, 5.74) is 6.50. The zero-order chi connectivity index (χ0) is 17.6. The molecule has 1 fully saturated rings. The molecule has 2 N–H and O–H groups in total. The van der Waals surface area contributed by atoms with Crippen molar-refractivity contribution in [2.45, 2.75) is 49.2 Å². The highest BCUT2D eigenvalue weighted by molar-refractivity contribution is 9.10. The molecule has 2 aromatic rings. The van der Waals surface area contributed by atoms with Crippen LogP contribution in [0.3, 0.4) is 0 Å². The van der Waals surface area contributed by atoms with Gasteiger partial charge in [-0.1, -0.05) is 39.8 Å². The number of ether oxygens (including phenoxy) is 1. The largest absolute Gasteiger partial charge is 0.376 e. The summed E-state index contributed by atoms with van der Waals surface area (Å²) in [5.74, 6) is 1.29. The van der Waals surface area contributed by atoms with Crippen molar-refractivity contribution in [2.24, 2.45) is 5.73 Å². The number of primary amides is 1. The third kappa shape index (κ3) is 5.29. The van der Waals surface area contributed by atoms with Crippen LogP contribution in [0.5, 0.6) is 0 Å². The number of rotatable bonds is 8. The second-order valence-corrected chi connectivity index (χ2v) is 7.88. The molecule has 1 aromatic heterocycles. The minimum Gasteiger partial charge on any atom is -0.376 e. The number of amides is 1. The van der Waals surface area contributed by atoms with E-state index in [2.05, 4.69) is 42.8 Å². The van der Waals surface area contributed by atoms with Crippen molar-refractivity contribution < 1.29 is 9.53 Å². The van der Waals surface area contributed by atoms with Crippen LogP contribution in [-0.2, 0) is 28.2 Å². The number of thioether (sulfide) groups is 1. The standard InChI is InChI=1S/C17H21BrN4O2S/c18-13-5-3-12(4-6-13)11-25-17-21-20-16(8-7-15(19)23)22(17)10-14-2-1-9-24-14/h3-6,14H,1-2,7-11H2,(H2,19,23)/t14-/m0/s1. The Morgan fingerprint density at radius 1 is 1.36 bits per heavy atom. The number of hydrogen-bond donors (Lipinski definition) is 1. The molecule has 1 aliphatic heterocycles. The van der Waals surface area contributed by atoms with Crippen LogP contribution < -0.4 is 5.73 Å². The summed E-state index contributed by atoms with van der Waals surface area (Å²) in [7, 11) is 0. The lowest BCUT2D eigenvalue weighted by Gasteiger charge is -2.14. The minimum absolute atomic E-state index is 0.190. The molecule has 3 rings (SSSR count). The zero-order valence-corrected chi connectivity index (χ0v) is 16.3. The van der Waals surface area contributed by atoms with Crippen molar-refractivity contribution in [3.8, 4) is 0 Å². The second kappa shape index (κ2) is 8.82. The molecule has 0 unspecified atom stereocenters. The summed E-state index contributed by atoms with van der Waals surface area (Å²) in [6.07, 6.45) is 3.11. The highest BCUT2D eigenvalue weighted by Crippen LogP contribution is 2.25. The number of carbonyl (C=O) groups is 1. The number of aromatic nitrogens is 3. The number of benzene rings is 1. The maximum atomic E-state index is 11.1. The van der Waals surface area contributed by atoms with Gasteiger partial charge in [0.05, 0.1) is 12.6 Å². The normalized spacial score (nSPS) is 17.1. The predicted molar refractivity (Wildman–Crippen MR) is 100 cm³/mol. The van der Waals surface area contributed by atoms with E-state index in [1.165, 1.54) is 5.56 Å². The molecule has 2 heterocycles. The summed E-state index contributed by atoms with van der Waals surface area (Å²) < 4.78 is 8.91. The Bertz CT molecular complexity index is 714. The van der Waals surface area contributed by atoms with Crippen LogP contribution >= 0.6 is 27.7 Å². The molecular weight excluding hydrogens is 404 g/mol. The average molecular weight is 425 g/mol. The minimum atomic E-state index is -0.323. The molecule has 1 amide bonds. The van der Waals surface area contributed by atoms with Gasteiger partial charge in [0.15, 0.2) is 5.16 Å². The van der Waals surface area contributed by atoms with Crippen LogP contribution in [-0.4, -0.2) is 33.4 Å². The van der Waals surface area contributed by atoms with Crippen LogP contribution in [0.2, 0.25) is 0 Å². The van der Waals surface area contributed by atoms with Gasteiger partial charge < -0.3 is 15.0 Å². The molecule has 6 nitrogen and oxygen atoms in total. The fourth-order valence-electron chi connectivity index (χ4n) is 2.75. The van der Waals surface area contributed by atoms with Crippen LogP contribution in [0.15, 0.2) is 33.9 Å². The van der Waals surface area contributed by atoms with Gasteiger partial charge in [-0.15, -0.1) is 10.2 Å². The average Bonchev–Trinajstić information content (AvgIpc) is 3.23. The molecule has 25 heavy (non-hydrogen) atoms. The number of halogens is 1. The van der Waals surface area contributed by atoms with E-state index in [-0.39, 0.29) is 18.4 Å². The van der Waals surface area contributed by atoms with Gasteiger partial charge in [0.1, 0.15) is 5.82 Å². The van der Waals surface area contributed by atoms with E-state index in [0.717, 1.165) is 47.2 Å². The van der Waals surface area contributed by atoms with Gasteiger partial charge in [-0.2, -0.15) is 0 Å². The first-order chi connectivity index (χ1) is 12.1. The highest BCUT2D eigenvalue weighted by Gasteiger charge is 2.21. The van der Waals surface area contributed by atoms with Crippen molar-refractivity contribution in [1.82, 2.24) is 14.8 Å². The summed E-state index contributed by atoms with van der Waals surface area (Å²) in [6.45, 7) is 1.54. The number of nitrogens with zero attached hydrogens (tertiary/aromatic N) is 3. The van der Waals surface area contributed by atoms with Gasteiger partial charge >= 0.3 is 0 Å². The molecule has 0 aliphatic carbocycles. The van der Waals surface area contributed by atoms with Gasteiger partial charge in [0, 0.05) is 29.7 Å². The molecule has 8 heteroatoms. The SMILES string of the molecule is NC(=O)CCc1nnc(SCc2ccc(Br)cc2)n1C[C@@H]1CCCO1. The smallest absolute Gasteiger partial charge is 0.217 e. The van der Waals surface area contributed by atoms with Crippen molar-refractivity contribution >= 4 is 33.6 Å². The fraction of sp³-hybridized carbons (Fsp3) is 0.471. The van der Waals surface area contributed by atoms with Crippen molar-refractivity contribution in [3.63, 3.8) is 0 Å². The summed E-state index contributed by atoms with van der Waals surface area (Å²) in [5, 5.41) is 9.46. The second-order valence-electron chi connectivity index (χ2n) is 6.03. The third-order valence-electron chi connectivity index (χ3n) is 4.08. The van der Waals surface area contributed by atoms with Gasteiger partial charge in [-0.25, -0.2) is 0 Å². The van der Waals surface area contributed by atoms with Crippen molar-refractivity contribution in [2.75, 3.05) is 6.61 Å². The van der Waals surface area contributed by atoms with Gasteiger partial charge in [-0.3, -0.25) is 4.79 Å². The number of carbonyl (C=O) groups excluding carboxylic acids is 1. The predicted octanol–water partition coefficient (Wildman–Crippen LogP) is 2.93. The van der Waals surface area contributed by atoms with Crippen LogP contribution in [0.25, 0.3) is 0 Å². The highest BCUT2D eigenvalue weighted by atomic mass is 79.9. The Kier molecular flexibility index (Phi) is 6.50. The molecule has 1 atom stereocenters. The topological polar surface area (TPSA) is 83.0 Å². The molecule has 1 saturated heterocycles. The third-order valence-corrected chi connectivity index (χ3v) is 5.65. The van der Waals surface area contributed by atoms with E-state index in [9.17, 15) is 4.79 Å². The van der Waals surface area contributed by atoms with Crippen molar-refractivity contribution in [1.29, 1.82) is 0 Å². The lowest BCUT2D eigenvalue weighted by atomic mass is 10.2. The monoisotopic (exact) mass is 424 g/mol. The fourth-order valence-corrected chi connectivity index (χ4v) is 3.94. The molecule has 1 aliphatic rings. The first-order valence-electron chi connectivity index (χ1n) is 8.31. The van der Waals surface area contributed by atoms with E-state index in [1.54, 1.807) is 11.8 Å². The Hall–Kier alpha value is -1.38. The van der Waals surface area contributed by atoms with Crippen LogP contribution in [0.1, 0.15) is 30.7 Å². The van der Waals surface area contributed by atoms with E-state index >= 15 is 0 Å². The van der Waals surface area contributed by atoms with E-state index in [1.807, 2.05) is 12.1 Å². The van der Waals surface area contributed by atoms with E-state index in [4.69, 9.17) is 10.5 Å². The molecule has 134 valence electrons. The molecule has 0 radical (unpaired) electrons. The lowest BCUT2D eigenvalue weighted by Crippen LogP contribution is -2.19. The summed E-state index contributed by atoms with van der Waals surface area (Å²) in [4.78, 5) is 11.1. The maximum absolute atomic E-state index is 11.1. The summed E-state index contributed by atoms with van der Waals surface area (Å²) in [6, 6.07) is 8.24. The van der Waals surface area contributed by atoms with E-state index in [0.29, 0.717) is 6.42 Å². The Morgan fingerprint density at radius 3 is 2.84 bits per heavy atom. The van der Waals surface area contributed by atoms with Crippen LogP contribution in [0.4, 0.5) is 0 Å². The molecule has 0 bridgehead atoms. The Morgan fingerprint density at radius 2 is 2.16 bits per heavy atom. The zero-order valence-electron chi connectivity index (χ0n) is 13.9. The van der Waals surface area contributed by atoms with E-state index < -0.39 is 0 Å². The lowest BCUT2D eigenvalue weighted by molar-refractivity contribution is -0.118. The Labute approximate surface area is 159 Å². The molecule has 1 aromatic carbocycles. The quantitative estimate of drug-likeness (QED) is 0.658. The number of nitrogens with two attached hydrogens (primary N) is 1. The first-order valence-corrected chi connectivity index (χ1v) is 10.1. The Balaban J connectivity index is 1.71. The molecular formula is C17H21BrN4O2S. The number of hydrogen-bond acceptors (Lipinski definition) is 5. The van der Waals surface area contributed by atoms with Gasteiger partial charge in [-0.05, 0) is 30.5 Å². The van der Waals surface area contributed by atoms with Crippen molar-refractivity contribution in [3.05, 3.63) is 40.1 Å². The number of aryl methyl sites for hydroxylation is 1. The van der Waals surface area contributed by atoms with Crippen LogP contribution in [0, 0.1) is 0 Å². The van der Waals surface area contributed by atoms with Gasteiger partial charge in [0.25, 0.3) is 0 Å². The molecule has 0 saturated carbocycles. The van der Waals surface area contributed by atoms with Gasteiger partial charge in [0.2, 0.25) is 5.91 Å². The maximum Gasteiger partial charge on any atom is 0.217 e.